The molecule has 4 heteroatoms. The van der Waals surface area contributed by atoms with Gasteiger partial charge in [-0.2, -0.15) is 0 Å². The van der Waals surface area contributed by atoms with Gasteiger partial charge in [-0.3, -0.25) is 0 Å². The largest absolute Gasteiger partial charge is 0.456 e. The van der Waals surface area contributed by atoms with Crippen LogP contribution >= 0.6 is 0 Å². The maximum absolute atomic E-state index is 11.5. The Morgan fingerprint density at radius 2 is 2.19 bits per heavy atom. The van der Waals surface area contributed by atoms with Gasteiger partial charge in [0.25, 0.3) is 0 Å². The third-order valence-electron chi connectivity index (χ3n) is 2.67. The van der Waals surface area contributed by atoms with E-state index in [9.17, 15) is 4.79 Å². The van der Waals surface area contributed by atoms with Crippen molar-refractivity contribution in [1.29, 1.82) is 0 Å². The topological polar surface area (TPSA) is 50.7 Å². The summed E-state index contributed by atoms with van der Waals surface area (Å²) in [6.45, 7) is 2.14. The molecule has 0 radical (unpaired) electrons. The molecule has 0 atom stereocenters. The first-order chi connectivity index (χ1) is 7.75. The van der Waals surface area contributed by atoms with Gasteiger partial charge in [-0.15, -0.1) is 0 Å². The molecule has 1 N–H and O–H groups in total. The molecule has 0 bridgehead atoms. The first-order valence-electron chi connectivity index (χ1n) is 5.08. The number of carbonyl (C=O) groups excluding carboxylic acids is 1. The van der Waals surface area contributed by atoms with Crippen LogP contribution in [-0.2, 0) is 9.53 Å². The number of hydrogen-bond donors (Lipinski definition) is 1. The molecule has 2 aliphatic rings. The number of carbonyl (C=O) groups is 1. The Morgan fingerprint density at radius 1 is 1.38 bits per heavy atom. The predicted octanol–water partition coefficient (Wildman–Crippen LogP) is 1.80. The molecule has 0 fully saturated rings. The lowest BCUT2D eigenvalue weighted by Crippen LogP contribution is -2.09. The van der Waals surface area contributed by atoms with Crippen LogP contribution in [0.25, 0.3) is 5.57 Å². The van der Waals surface area contributed by atoms with Gasteiger partial charge in [0.1, 0.15) is 12.4 Å². The van der Waals surface area contributed by atoms with E-state index in [1.807, 2.05) is 31.2 Å². The Bertz CT molecular complexity index is 544. The molecule has 3 rings (SSSR count). The van der Waals surface area contributed by atoms with E-state index in [0.717, 1.165) is 16.8 Å². The highest BCUT2D eigenvalue weighted by Gasteiger charge is 2.28. The number of ether oxygens (including phenoxy) is 1. The molecule has 0 spiro atoms. The SMILES string of the molecule is CC1=NC2=C(COC2=O)c2ccccc2N1. The fourth-order valence-electron chi connectivity index (χ4n) is 1.96. The summed E-state index contributed by atoms with van der Waals surface area (Å²) in [5, 5.41) is 3.17. The van der Waals surface area contributed by atoms with Gasteiger partial charge in [-0.25, -0.2) is 9.79 Å². The number of rotatable bonds is 0. The van der Waals surface area contributed by atoms with Crippen LogP contribution < -0.4 is 5.32 Å². The summed E-state index contributed by atoms with van der Waals surface area (Å²) in [4.78, 5) is 15.7. The first-order valence-corrected chi connectivity index (χ1v) is 5.08. The van der Waals surface area contributed by atoms with Gasteiger partial charge in [0.05, 0.1) is 0 Å². The van der Waals surface area contributed by atoms with Gasteiger partial charge >= 0.3 is 5.97 Å². The minimum atomic E-state index is -0.340. The number of esters is 1. The van der Waals surface area contributed by atoms with Crippen molar-refractivity contribution in [3.05, 3.63) is 35.5 Å². The van der Waals surface area contributed by atoms with Crippen LogP contribution in [0.15, 0.2) is 35.0 Å². The summed E-state index contributed by atoms with van der Waals surface area (Å²) in [5.74, 6) is 0.365. The summed E-state index contributed by atoms with van der Waals surface area (Å²) < 4.78 is 5.01. The van der Waals surface area contributed by atoms with Gasteiger partial charge < -0.3 is 10.1 Å². The van der Waals surface area contributed by atoms with Crippen molar-refractivity contribution in [3.63, 3.8) is 0 Å². The summed E-state index contributed by atoms with van der Waals surface area (Å²) in [6, 6.07) is 7.82. The van der Waals surface area contributed by atoms with Gasteiger partial charge in [-0.05, 0) is 13.0 Å². The van der Waals surface area contributed by atoms with Crippen molar-refractivity contribution in [2.45, 2.75) is 6.92 Å². The molecule has 0 unspecified atom stereocenters. The zero-order valence-electron chi connectivity index (χ0n) is 8.78. The van der Waals surface area contributed by atoms with Crippen LogP contribution in [0.1, 0.15) is 12.5 Å². The molecule has 0 aromatic heterocycles. The lowest BCUT2D eigenvalue weighted by atomic mass is 10.0. The molecule has 2 aliphatic heterocycles. The summed E-state index contributed by atoms with van der Waals surface area (Å²) in [6.07, 6.45) is 0. The maximum Gasteiger partial charge on any atom is 0.357 e. The minimum absolute atomic E-state index is 0.309. The van der Waals surface area contributed by atoms with E-state index in [-0.39, 0.29) is 5.97 Å². The molecule has 1 aromatic rings. The fraction of sp³-hybridized carbons (Fsp3) is 0.167. The third kappa shape index (κ3) is 1.23. The van der Waals surface area contributed by atoms with E-state index < -0.39 is 0 Å². The van der Waals surface area contributed by atoms with Crippen LogP contribution in [0.3, 0.4) is 0 Å². The molecular weight excluding hydrogens is 204 g/mol. The number of nitrogens with one attached hydrogen (secondary N) is 1. The number of anilines is 1. The van der Waals surface area contributed by atoms with Gasteiger partial charge in [0.15, 0.2) is 5.70 Å². The van der Waals surface area contributed by atoms with E-state index in [1.54, 1.807) is 0 Å². The number of amidine groups is 1. The highest BCUT2D eigenvalue weighted by Crippen LogP contribution is 2.33. The van der Waals surface area contributed by atoms with Gasteiger partial charge in [0, 0.05) is 16.8 Å². The molecule has 2 heterocycles. The van der Waals surface area contributed by atoms with Crippen molar-refractivity contribution >= 4 is 23.1 Å². The Balaban J connectivity index is 2.27. The van der Waals surface area contributed by atoms with E-state index in [1.165, 1.54) is 0 Å². The number of hydrogen-bond acceptors (Lipinski definition) is 4. The van der Waals surface area contributed by atoms with Crippen LogP contribution in [-0.4, -0.2) is 18.4 Å². The Morgan fingerprint density at radius 3 is 3.06 bits per heavy atom. The Hall–Kier alpha value is -2.10. The monoisotopic (exact) mass is 214 g/mol. The number of para-hydroxylation sites is 1. The summed E-state index contributed by atoms with van der Waals surface area (Å²) in [7, 11) is 0. The second-order valence-electron chi connectivity index (χ2n) is 3.77. The Kier molecular flexibility index (Phi) is 1.83. The van der Waals surface area contributed by atoms with Crippen molar-refractivity contribution in [3.8, 4) is 0 Å². The van der Waals surface area contributed by atoms with E-state index in [0.29, 0.717) is 18.1 Å². The number of benzene rings is 1. The van der Waals surface area contributed by atoms with Crippen molar-refractivity contribution in [2.24, 2.45) is 4.99 Å². The number of nitrogens with zero attached hydrogens (tertiary/aromatic N) is 1. The zero-order valence-corrected chi connectivity index (χ0v) is 8.78. The molecular formula is C12H10N2O2. The van der Waals surface area contributed by atoms with Crippen LogP contribution in [0.5, 0.6) is 0 Å². The molecule has 0 saturated heterocycles. The lowest BCUT2D eigenvalue weighted by Gasteiger charge is -2.08. The van der Waals surface area contributed by atoms with Crippen molar-refractivity contribution < 1.29 is 9.53 Å². The molecule has 0 amide bonds. The highest BCUT2D eigenvalue weighted by molar-refractivity contribution is 6.09. The zero-order chi connectivity index (χ0) is 11.1. The number of cyclic esters (lactones) is 1. The van der Waals surface area contributed by atoms with Crippen LogP contribution in [0.2, 0.25) is 0 Å². The van der Waals surface area contributed by atoms with E-state index in [2.05, 4.69) is 10.3 Å². The van der Waals surface area contributed by atoms with Crippen LogP contribution in [0, 0.1) is 0 Å². The van der Waals surface area contributed by atoms with E-state index >= 15 is 0 Å². The number of fused-ring (bicyclic) bond motifs is 2. The smallest absolute Gasteiger partial charge is 0.357 e. The van der Waals surface area contributed by atoms with Crippen LogP contribution in [0.4, 0.5) is 5.69 Å². The normalized spacial score (nSPS) is 18.1. The second-order valence-corrected chi connectivity index (χ2v) is 3.77. The standard InChI is InChI=1S/C12H10N2O2/c1-7-13-10-5-3-2-4-8(10)9-6-16-12(15)11(9)14-7/h2-5H,6H2,1H3,(H,13,14). The van der Waals surface area contributed by atoms with Gasteiger partial charge in [-0.1, -0.05) is 18.2 Å². The molecule has 0 aliphatic carbocycles. The quantitative estimate of drug-likeness (QED) is 0.670. The molecule has 4 nitrogen and oxygen atoms in total. The highest BCUT2D eigenvalue weighted by atomic mass is 16.5. The second kappa shape index (κ2) is 3.20. The Labute approximate surface area is 92.6 Å². The molecule has 80 valence electrons. The van der Waals surface area contributed by atoms with E-state index in [4.69, 9.17) is 4.74 Å². The molecule has 16 heavy (non-hydrogen) atoms. The predicted molar refractivity (Wildman–Crippen MR) is 61.1 cm³/mol. The van der Waals surface area contributed by atoms with Crippen molar-refractivity contribution in [1.82, 2.24) is 0 Å². The summed E-state index contributed by atoms with van der Waals surface area (Å²) in [5.41, 5.74) is 3.25. The molecule has 1 aromatic carbocycles. The lowest BCUT2D eigenvalue weighted by molar-refractivity contribution is -0.135. The average molecular weight is 214 g/mol. The maximum atomic E-state index is 11.5. The minimum Gasteiger partial charge on any atom is -0.456 e. The molecule has 0 saturated carbocycles. The van der Waals surface area contributed by atoms with Crippen molar-refractivity contribution in [2.75, 3.05) is 11.9 Å². The fourth-order valence-corrected chi connectivity index (χ4v) is 1.96. The summed E-state index contributed by atoms with van der Waals surface area (Å²) >= 11 is 0. The first kappa shape index (κ1) is 9.15. The average Bonchev–Trinajstić information content (AvgIpc) is 2.56. The van der Waals surface area contributed by atoms with Gasteiger partial charge in [0.2, 0.25) is 0 Å². The number of aliphatic imine (C=N–C) groups is 1. The third-order valence-corrected chi connectivity index (χ3v) is 2.67.